The number of amides is 1. The molecule has 23 heavy (non-hydrogen) atoms. The second-order valence-corrected chi connectivity index (χ2v) is 7.16. The molecule has 4 nitrogen and oxygen atoms in total. The zero-order valence-corrected chi connectivity index (χ0v) is 14.2. The van der Waals surface area contributed by atoms with Crippen molar-refractivity contribution in [1.29, 1.82) is 0 Å². The number of fused-ring (bicyclic) bond motifs is 1. The van der Waals surface area contributed by atoms with Gasteiger partial charge in [-0.2, -0.15) is 0 Å². The van der Waals surface area contributed by atoms with Gasteiger partial charge in [0.05, 0.1) is 0 Å². The minimum Gasteiger partial charge on any atom is -0.381 e. The number of carbonyl (C=O) groups excluding carboxylic acids is 1. The maximum absolute atomic E-state index is 12.4. The van der Waals surface area contributed by atoms with Gasteiger partial charge in [-0.3, -0.25) is 4.79 Å². The predicted octanol–water partition coefficient (Wildman–Crippen LogP) is 3.30. The van der Waals surface area contributed by atoms with Crippen LogP contribution in [0.2, 0.25) is 0 Å². The number of nitrogens with one attached hydrogen (secondary N) is 2. The molecule has 0 unspecified atom stereocenters. The van der Waals surface area contributed by atoms with Crippen molar-refractivity contribution in [3.05, 3.63) is 35.5 Å². The Morgan fingerprint density at radius 2 is 2.00 bits per heavy atom. The van der Waals surface area contributed by atoms with E-state index in [1.807, 2.05) is 6.07 Å². The molecule has 0 atom stereocenters. The molecule has 0 spiro atoms. The van der Waals surface area contributed by atoms with Crippen molar-refractivity contribution in [3.8, 4) is 0 Å². The lowest BCUT2D eigenvalue weighted by atomic mass is 9.82. The van der Waals surface area contributed by atoms with E-state index in [9.17, 15) is 4.79 Å². The number of aromatic amines is 1. The van der Waals surface area contributed by atoms with Gasteiger partial charge in [0.25, 0.3) is 0 Å². The fourth-order valence-corrected chi connectivity index (χ4v) is 3.65. The molecule has 2 heterocycles. The van der Waals surface area contributed by atoms with Crippen molar-refractivity contribution in [2.24, 2.45) is 5.92 Å². The topological polar surface area (TPSA) is 54.1 Å². The number of H-pyrrole nitrogens is 1. The summed E-state index contributed by atoms with van der Waals surface area (Å²) in [6.07, 6.45) is 1.66. The van der Waals surface area contributed by atoms with Crippen LogP contribution in [0.3, 0.4) is 0 Å². The van der Waals surface area contributed by atoms with Crippen LogP contribution in [0.5, 0.6) is 0 Å². The minimum atomic E-state index is -0.121. The monoisotopic (exact) mass is 314 g/mol. The van der Waals surface area contributed by atoms with Gasteiger partial charge in [0, 0.05) is 47.7 Å². The first-order chi connectivity index (χ1) is 11.0. The third-order valence-electron chi connectivity index (χ3n) is 4.87. The Morgan fingerprint density at radius 1 is 1.30 bits per heavy atom. The summed E-state index contributed by atoms with van der Waals surface area (Å²) in [5, 5.41) is 4.41. The zero-order chi connectivity index (χ0) is 16.4. The molecule has 0 radical (unpaired) electrons. The highest BCUT2D eigenvalue weighted by Gasteiger charge is 2.29. The molecule has 4 heteroatoms. The van der Waals surface area contributed by atoms with E-state index in [4.69, 9.17) is 4.74 Å². The number of para-hydroxylation sites is 1. The molecule has 1 aliphatic heterocycles. The van der Waals surface area contributed by atoms with Gasteiger partial charge in [-0.25, -0.2) is 0 Å². The molecule has 0 aliphatic carbocycles. The van der Waals surface area contributed by atoms with E-state index in [1.54, 1.807) is 0 Å². The fraction of sp³-hybridized carbons (Fsp3) is 0.526. The number of hydrogen-bond acceptors (Lipinski definition) is 2. The molecular weight excluding hydrogens is 288 g/mol. The Kier molecular flexibility index (Phi) is 4.44. The first kappa shape index (κ1) is 16.1. The van der Waals surface area contributed by atoms with Crippen molar-refractivity contribution >= 4 is 16.8 Å². The average molecular weight is 314 g/mol. The smallest absolute Gasteiger partial charge is 0.223 e. The second kappa shape index (κ2) is 6.36. The van der Waals surface area contributed by atoms with Crippen LogP contribution in [0.4, 0.5) is 0 Å². The van der Waals surface area contributed by atoms with Crippen LogP contribution in [0, 0.1) is 12.8 Å². The molecule has 1 saturated heterocycles. The molecule has 1 aromatic heterocycles. The molecule has 3 rings (SSSR count). The van der Waals surface area contributed by atoms with Crippen LogP contribution in [-0.4, -0.2) is 30.6 Å². The van der Waals surface area contributed by atoms with Crippen LogP contribution < -0.4 is 5.32 Å². The van der Waals surface area contributed by atoms with Gasteiger partial charge in [-0.1, -0.05) is 32.0 Å². The first-order valence-corrected chi connectivity index (χ1v) is 8.42. The molecule has 1 aliphatic rings. The predicted molar refractivity (Wildman–Crippen MR) is 92.6 cm³/mol. The lowest BCUT2D eigenvalue weighted by Crippen LogP contribution is -2.41. The Morgan fingerprint density at radius 3 is 2.74 bits per heavy atom. The Bertz CT molecular complexity index is 696. The second-order valence-electron chi connectivity index (χ2n) is 7.16. The molecule has 1 fully saturated rings. The van der Waals surface area contributed by atoms with E-state index in [-0.39, 0.29) is 17.2 Å². The van der Waals surface area contributed by atoms with Crippen molar-refractivity contribution in [2.75, 3.05) is 19.8 Å². The lowest BCUT2D eigenvalue weighted by Gasteiger charge is -2.28. The summed E-state index contributed by atoms with van der Waals surface area (Å²) in [7, 11) is 0. The summed E-state index contributed by atoms with van der Waals surface area (Å²) in [5.74, 6) is 0.266. The van der Waals surface area contributed by atoms with Crippen LogP contribution in [0.15, 0.2) is 24.3 Å². The van der Waals surface area contributed by atoms with Crippen molar-refractivity contribution in [3.63, 3.8) is 0 Å². The van der Waals surface area contributed by atoms with E-state index in [0.717, 1.165) is 18.4 Å². The van der Waals surface area contributed by atoms with E-state index in [2.05, 4.69) is 49.3 Å². The van der Waals surface area contributed by atoms with Gasteiger partial charge in [0.15, 0.2) is 0 Å². The zero-order valence-electron chi connectivity index (χ0n) is 14.2. The van der Waals surface area contributed by atoms with Crippen molar-refractivity contribution in [1.82, 2.24) is 10.3 Å². The minimum absolute atomic E-state index is 0.101. The summed E-state index contributed by atoms with van der Waals surface area (Å²) < 4.78 is 5.33. The summed E-state index contributed by atoms with van der Waals surface area (Å²) in [4.78, 5) is 15.8. The molecule has 0 bridgehead atoms. The van der Waals surface area contributed by atoms with Gasteiger partial charge in [0.2, 0.25) is 5.91 Å². The molecule has 0 saturated carbocycles. The molecule has 2 N–H and O–H groups in total. The van der Waals surface area contributed by atoms with E-state index < -0.39 is 0 Å². The van der Waals surface area contributed by atoms with Gasteiger partial charge in [-0.05, 0) is 31.4 Å². The van der Waals surface area contributed by atoms with Crippen molar-refractivity contribution in [2.45, 2.75) is 39.0 Å². The Balaban J connectivity index is 1.75. The van der Waals surface area contributed by atoms with Crippen molar-refractivity contribution < 1.29 is 9.53 Å². The number of carbonyl (C=O) groups is 1. The molecule has 2 aromatic rings. The maximum Gasteiger partial charge on any atom is 0.223 e. The average Bonchev–Trinajstić information content (AvgIpc) is 2.90. The standard InChI is InChI=1S/C19H26N2O2/c1-13-17(15-6-4-5-7-16(15)21-13)19(2,3)12-20-18(22)14-8-10-23-11-9-14/h4-7,14,21H,8-12H2,1-3H3,(H,20,22). The largest absolute Gasteiger partial charge is 0.381 e. The van der Waals surface area contributed by atoms with E-state index >= 15 is 0 Å². The number of aryl methyl sites for hydroxylation is 1. The number of benzene rings is 1. The summed E-state index contributed by atoms with van der Waals surface area (Å²) >= 11 is 0. The summed E-state index contributed by atoms with van der Waals surface area (Å²) in [6.45, 7) is 8.54. The number of rotatable bonds is 4. The van der Waals surface area contributed by atoms with Crippen LogP contribution in [0.1, 0.15) is 37.9 Å². The van der Waals surface area contributed by atoms with E-state index in [0.29, 0.717) is 19.8 Å². The Labute approximate surface area is 137 Å². The number of ether oxygens (including phenoxy) is 1. The number of aromatic nitrogens is 1. The van der Waals surface area contributed by atoms with Gasteiger partial charge < -0.3 is 15.0 Å². The molecule has 1 amide bonds. The Hall–Kier alpha value is -1.81. The van der Waals surface area contributed by atoms with Crippen LogP contribution >= 0.6 is 0 Å². The van der Waals surface area contributed by atoms with Gasteiger partial charge >= 0.3 is 0 Å². The maximum atomic E-state index is 12.4. The quantitative estimate of drug-likeness (QED) is 0.910. The summed E-state index contributed by atoms with van der Waals surface area (Å²) in [6, 6.07) is 8.36. The lowest BCUT2D eigenvalue weighted by molar-refractivity contribution is -0.128. The fourth-order valence-electron chi connectivity index (χ4n) is 3.65. The third-order valence-corrected chi connectivity index (χ3v) is 4.87. The number of hydrogen-bond donors (Lipinski definition) is 2. The van der Waals surface area contributed by atoms with E-state index in [1.165, 1.54) is 16.6 Å². The van der Waals surface area contributed by atoms with Crippen LogP contribution in [0.25, 0.3) is 10.9 Å². The normalized spacial score (nSPS) is 16.7. The SMILES string of the molecule is Cc1[nH]c2ccccc2c1C(C)(C)CNC(=O)C1CCOCC1. The van der Waals surface area contributed by atoms with Gasteiger partial charge in [0.1, 0.15) is 0 Å². The highest BCUT2D eigenvalue weighted by Crippen LogP contribution is 2.33. The highest BCUT2D eigenvalue weighted by atomic mass is 16.5. The van der Waals surface area contributed by atoms with Crippen LogP contribution in [-0.2, 0) is 14.9 Å². The molecular formula is C19H26N2O2. The third kappa shape index (κ3) is 3.27. The molecule has 1 aromatic carbocycles. The molecule has 124 valence electrons. The first-order valence-electron chi connectivity index (χ1n) is 8.42. The summed E-state index contributed by atoms with van der Waals surface area (Å²) in [5.41, 5.74) is 3.51. The highest BCUT2D eigenvalue weighted by molar-refractivity contribution is 5.86. The van der Waals surface area contributed by atoms with Gasteiger partial charge in [-0.15, -0.1) is 0 Å².